The summed E-state index contributed by atoms with van der Waals surface area (Å²) in [6.07, 6.45) is 0. The summed E-state index contributed by atoms with van der Waals surface area (Å²) in [5.74, 6) is 2.13. The summed E-state index contributed by atoms with van der Waals surface area (Å²) in [5, 5.41) is 11.7. The van der Waals surface area contributed by atoms with Crippen molar-refractivity contribution >= 4 is 23.4 Å². The number of carbonyl (C=O) groups is 1. The molecule has 94 valence electrons. The Morgan fingerprint density at radius 2 is 2.29 bits per heavy atom. The van der Waals surface area contributed by atoms with Gasteiger partial charge in [0.1, 0.15) is 0 Å². The van der Waals surface area contributed by atoms with Crippen LogP contribution in [0.5, 0.6) is 0 Å². The lowest BCUT2D eigenvalue weighted by atomic mass is 10.2. The summed E-state index contributed by atoms with van der Waals surface area (Å²) < 4.78 is 0. The van der Waals surface area contributed by atoms with Gasteiger partial charge in [-0.2, -0.15) is 11.8 Å². The van der Waals surface area contributed by atoms with Crippen LogP contribution in [0.1, 0.15) is 19.4 Å². The average molecular weight is 253 g/mol. The molecule has 0 saturated carbocycles. The predicted octanol–water partition coefficient (Wildman–Crippen LogP) is 2.51. The molecule has 1 aromatic carbocycles. The van der Waals surface area contributed by atoms with E-state index in [1.54, 1.807) is 11.8 Å². The van der Waals surface area contributed by atoms with Gasteiger partial charge in [-0.3, -0.25) is 4.79 Å². The third-order valence-electron chi connectivity index (χ3n) is 2.23. The van der Waals surface area contributed by atoms with E-state index in [-0.39, 0.29) is 12.5 Å². The maximum absolute atomic E-state index is 10.9. The lowest BCUT2D eigenvalue weighted by Gasteiger charge is -2.08. The molecule has 0 aliphatic rings. The Labute approximate surface area is 107 Å². The summed E-state index contributed by atoms with van der Waals surface area (Å²) >= 11 is 1.79. The molecule has 0 fully saturated rings. The molecule has 4 heteroatoms. The highest BCUT2D eigenvalue weighted by Crippen LogP contribution is 2.18. The van der Waals surface area contributed by atoms with Gasteiger partial charge in [0.05, 0.1) is 0 Å². The van der Waals surface area contributed by atoms with Crippen molar-refractivity contribution in [3.05, 3.63) is 29.8 Å². The number of benzene rings is 1. The molecule has 0 unspecified atom stereocenters. The number of thioether (sulfide) groups is 1. The largest absolute Gasteiger partial charge is 0.396 e. The molecule has 0 bridgehead atoms. The predicted molar refractivity (Wildman–Crippen MR) is 73.2 cm³/mol. The van der Waals surface area contributed by atoms with Crippen LogP contribution < -0.4 is 5.32 Å². The highest BCUT2D eigenvalue weighted by atomic mass is 32.2. The van der Waals surface area contributed by atoms with Gasteiger partial charge >= 0.3 is 0 Å². The maximum Gasteiger partial charge on any atom is 0.221 e. The molecule has 1 amide bonds. The van der Waals surface area contributed by atoms with Crippen molar-refractivity contribution in [2.45, 2.75) is 19.6 Å². The second-order valence-electron chi connectivity index (χ2n) is 4.18. The van der Waals surface area contributed by atoms with Crippen LogP contribution in [0.25, 0.3) is 0 Å². The third-order valence-corrected chi connectivity index (χ3v) is 3.57. The van der Waals surface area contributed by atoms with E-state index in [4.69, 9.17) is 5.11 Å². The number of carbonyl (C=O) groups excluding carboxylic acids is 1. The maximum atomic E-state index is 10.9. The van der Waals surface area contributed by atoms with Crippen molar-refractivity contribution in [3.8, 4) is 0 Å². The molecule has 0 aromatic heterocycles. The SMILES string of the molecule is CC(=O)Nc1cccc(CSC[C@H](C)CO)c1. The molecule has 0 radical (unpaired) electrons. The van der Waals surface area contributed by atoms with Crippen LogP contribution in [0, 0.1) is 5.92 Å². The van der Waals surface area contributed by atoms with Crippen molar-refractivity contribution in [2.75, 3.05) is 17.7 Å². The number of aliphatic hydroxyl groups is 1. The number of amides is 1. The van der Waals surface area contributed by atoms with Crippen LogP contribution in [0.2, 0.25) is 0 Å². The zero-order valence-corrected chi connectivity index (χ0v) is 11.1. The van der Waals surface area contributed by atoms with Crippen LogP contribution in [0.3, 0.4) is 0 Å². The third kappa shape index (κ3) is 5.75. The van der Waals surface area contributed by atoms with Crippen LogP contribution >= 0.6 is 11.8 Å². The molecule has 17 heavy (non-hydrogen) atoms. The lowest BCUT2D eigenvalue weighted by molar-refractivity contribution is -0.114. The van der Waals surface area contributed by atoms with E-state index in [0.29, 0.717) is 5.92 Å². The fourth-order valence-electron chi connectivity index (χ4n) is 1.37. The number of hydrogen-bond acceptors (Lipinski definition) is 3. The smallest absolute Gasteiger partial charge is 0.221 e. The Hall–Kier alpha value is -1.00. The first-order valence-electron chi connectivity index (χ1n) is 5.67. The molecule has 0 aliphatic heterocycles. The Balaban J connectivity index is 2.45. The lowest BCUT2D eigenvalue weighted by Crippen LogP contribution is -2.06. The molecule has 0 saturated heterocycles. The Bertz CT molecular complexity index is 368. The molecule has 1 rings (SSSR count). The van der Waals surface area contributed by atoms with Crippen LogP contribution in [-0.4, -0.2) is 23.4 Å². The van der Waals surface area contributed by atoms with Crippen LogP contribution in [0.4, 0.5) is 5.69 Å². The fourth-order valence-corrected chi connectivity index (χ4v) is 2.41. The van der Waals surface area contributed by atoms with Gasteiger partial charge in [0.2, 0.25) is 5.91 Å². The monoisotopic (exact) mass is 253 g/mol. The molecular weight excluding hydrogens is 234 g/mol. The van der Waals surface area contributed by atoms with Crippen molar-refractivity contribution in [3.63, 3.8) is 0 Å². The average Bonchev–Trinajstić information content (AvgIpc) is 2.28. The molecule has 1 atom stereocenters. The number of anilines is 1. The summed E-state index contributed by atoms with van der Waals surface area (Å²) in [5.41, 5.74) is 2.03. The van der Waals surface area contributed by atoms with Gasteiger partial charge in [-0.25, -0.2) is 0 Å². The Morgan fingerprint density at radius 3 is 2.94 bits per heavy atom. The van der Waals surface area contributed by atoms with Gasteiger partial charge in [-0.05, 0) is 29.4 Å². The highest BCUT2D eigenvalue weighted by Gasteiger charge is 2.01. The number of rotatable bonds is 6. The summed E-state index contributed by atoms with van der Waals surface area (Å²) in [6, 6.07) is 7.85. The minimum absolute atomic E-state index is 0.0521. The fraction of sp³-hybridized carbons (Fsp3) is 0.462. The summed E-state index contributed by atoms with van der Waals surface area (Å²) in [6.45, 7) is 3.77. The van der Waals surface area contributed by atoms with Gasteiger partial charge in [0.25, 0.3) is 0 Å². The zero-order valence-electron chi connectivity index (χ0n) is 10.3. The van der Waals surface area contributed by atoms with Crippen molar-refractivity contribution in [1.82, 2.24) is 0 Å². The van der Waals surface area contributed by atoms with Gasteiger partial charge in [0.15, 0.2) is 0 Å². The van der Waals surface area contributed by atoms with Gasteiger partial charge in [-0.1, -0.05) is 19.1 Å². The van der Waals surface area contributed by atoms with E-state index < -0.39 is 0 Å². The van der Waals surface area contributed by atoms with E-state index >= 15 is 0 Å². The van der Waals surface area contributed by atoms with Gasteiger partial charge in [0, 0.05) is 25.0 Å². The zero-order chi connectivity index (χ0) is 12.7. The standard InChI is InChI=1S/C13H19NO2S/c1-10(7-15)8-17-9-12-4-3-5-13(6-12)14-11(2)16/h3-6,10,15H,7-9H2,1-2H3,(H,14,16)/t10-/m1/s1. The first kappa shape index (κ1) is 14.1. The first-order valence-corrected chi connectivity index (χ1v) is 6.82. The Morgan fingerprint density at radius 1 is 1.53 bits per heavy atom. The van der Waals surface area contributed by atoms with Crippen molar-refractivity contribution in [2.24, 2.45) is 5.92 Å². The van der Waals surface area contributed by atoms with E-state index in [1.807, 2.05) is 31.2 Å². The number of aliphatic hydroxyl groups excluding tert-OH is 1. The second-order valence-corrected chi connectivity index (χ2v) is 5.21. The van der Waals surface area contributed by atoms with Crippen molar-refractivity contribution in [1.29, 1.82) is 0 Å². The molecule has 2 N–H and O–H groups in total. The highest BCUT2D eigenvalue weighted by molar-refractivity contribution is 7.98. The van der Waals surface area contributed by atoms with Crippen LogP contribution in [-0.2, 0) is 10.5 Å². The van der Waals surface area contributed by atoms with Gasteiger partial charge < -0.3 is 10.4 Å². The molecule has 3 nitrogen and oxygen atoms in total. The van der Waals surface area contributed by atoms with Crippen LogP contribution in [0.15, 0.2) is 24.3 Å². The van der Waals surface area contributed by atoms with E-state index in [0.717, 1.165) is 17.2 Å². The van der Waals surface area contributed by atoms with E-state index in [2.05, 4.69) is 5.32 Å². The number of hydrogen-bond donors (Lipinski definition) is 2. The molecule has 1 aromatic rings. The minimum atomic E-state index is -0.0521. The van der Waals surface area contributed by atoms with E-state index in [9.17, 15) is 4.79 Å². The molecular formula is C13H19NO2S. The summed E-state index contributed by atoms with van der Waals surface area (Å²) in [4.78, 5) is 10.9. The van der Waals surface area contributed by atoms with Crippen molar-refractivity contribution < 1.29 is 9.90 Å². The Kier molecular flexibility index (Phi) is 6.08. The number of nitrogens with one attached hydrogen (secondary N) is 1. The molecule has 0 aliphatic carbocycles. The quantitative estimate of drug-likeness (QED) is 0.819. The van der Waals surface area contributed by atoms with Gasteiger partial charge in [-0.15, -0.1) is 0 Å². The molecule has 0 spiro atoms. The molecule has 0 heterocycles. The first-order chi connectivity index (χ1) is 8.11. The second kappa shape index (κ2) is 7.35. The topological polar surface area (TPSA) is 49.3 Å². The summed E-state index contributed by atoms with van der Waals surface area (Å²) in [7, 11) is 0. The minimum Gasteiger partial charge on any atom is -0.396 e. The normalized spacial score (nSPS) is 12.2. The van der Waals surface area contributed by atoms with E-state index in [1.165, 1.54) is 12.5 Å².